The van der Waals surface area contributed by atoms with Gasteiger partial charge >= 0.3 is 0 Å². The van der Waals surface area contributed by atoms with Crippen LogP contribution in [0.2, 0.25) is 5.02 Å². The van der Waals surface area contributed by atoms with Gasteiger partial charge in [-0.05, 0) is 35.4 Å². The van der Waals surface area contributed by atoms with Crippen molar-refractivity contribution in [1.29, 1.82) is 0 Å². The van der Waals surface area contributed by atoms with E-state index in [-0.39, 0.29) is 54.7 Å². The molecular formula is C24H32Cl2FN3O4S. The van der Waals surface area contributed by atoms with Crippen molar-refractivity contribution in [1.82, 2.24) is 5.01 Å². The van der Waals surface area contributed by atoms with Gasteiger partial charge in [-0.3, -0.25) is 0 Å². The monoisotopic (exact) mass is 547 g/mol. The van der Waals surface area contributed by atoms with Crippen LogP contribution in [0.3, 0.4) is 0 Å². The Kier molecular flexibility index (Phi) is 11.7. The fourth-order valence-corrected chi connectivity index (χ4v) is 3.75. The molecule has 11 heteroatoms. The van der Waals surface area contributed by atoms with Crippen LogP contribution in [0.4, 0.5) is 3.89 Å². The smallest absolute Gasteiger partial charge is 0.138 e. The number of aliphatic hydroxyl groups excluding tert-OH is 2. The Bertz CT molecular complexity index is 966. The largest absolute Gasteiger partial charge is 0.491 e. The number of hydrazine groups is 1. The van der Waals surface area contributed by atoms with Gasteiger partial charge in [0, 0.05) is 17.3 Å². The molecule has 0 aliphatic carbocycles. The molecule has 0 aliphatic rings. The van der Waals surface area contributed by atoms with Crippen LogP contribution in [-0.2, 0) is 5.41 Å². The van der Waals surface area contributed by atoms with E-state index in [9.17, 15) is 14.1 Å². The minimum Gasteiger partial charge on any atom is -0.491 e. The average Bonchev–Trinajstić information content (AvgIpc) is 2.81. The minimum absolute atomic E-state index is 0.00577. The fourth-order valence-electron chi connectivity index (χ4n) is 3.23. The van der Waals surface area contributed by atoms with Crippen molar-refractivity contribution < 1.29 is 23.6 Å². The molecule has 0 amide bonds. The van der Waals surface area contributed by atoms with E-state index in [1.165, 1.54) is 11.2 Å². The van der Waals surface area contributed by atoms with E-state index >= 15 is 0 Å². The quantitative estimate of drug-likeness (QED) is 0.159. The first-order valence-corrected chi connectivity index (χ1v) is 12.7. The molecule has 6 N–H and O–H groups in total. The number of ether oxygens (including phenoxy) is 2. The summed E-state index contributed by atoms with van der Waals surface area (Å²) in [6.07, 6.45) is -0.255. The summed E-state index contributed by atoms with van der Waals surface area (Å²) in [6.45, 7) is 4.32. The van der Waals surface area contributed by atoms with E-state index in [1.54, 1.807) is 6.07 Å². The van der Waals surface area contributed by atoms with Crippen LogP contribution in [-0.4, -0.2) is 58.8 Å². The lowest BCUT2D eigenvalue weighted by molar-refractivity contribution is 0.0817. The summed E-state index contributed by atoms with van der Waals surface area (Å²) in [5.74, 6) is 6.91. The average molecular weight is 549 g/mol. The molecule has 0 spiro atoms. The first kappa shape index (κ1) is 29.4. The molecule has 0 radical (unpaired) electrons. The highest BCUT2D eigenvalue weighted by Gasteiger charge is 2.24. The Morgan fingerprint density at radius 1 is 1.11 bits per heavy atom. The Balaban J connectivity index is 1.97. The van der Waals surface area contributed by atoms with Gasteiger partial charge < -0.3 is 30.4 Å². The number of nitrogens with zero attached hydrogens (tertiary/aromatic N) is 1. The normalized spacial score (nSPS) is 13.9. The van der Waals surface area contributed by atoms with Crippen LogP contribution in [0.25, 0.3) is 0 Å². The Morgan fingerprint density at radius 2 is 1.74 bits per heavy atom. The summed E-state index contributed by atoms with van der Waals surface area (Å²) in [5.41, 5.74) is 7.52. The van der Waals surface area contributed by atoms with Gasteiger partial charge in [-0.15, -0.1) is 11.6 Å². The maximum absolute atomic E-state index is 12.2. The molecule has 35 heavy (non-hydrogen) atoms. The summed E-state index contributed by atoms with van der Waals surface area (Å²) >= 11 is 12.1. The first-order valence-electron chi connectivity index (χ1n) is 10.9. The molecule has 0 heterocycles. The predicted octanol–water partition coefficient (Wildman–Crippen LogP) is 3.98. The zero-order chi connectivity index (χ0) is 26.0. The molecule has 2 atom stereocenters. The molecule has 0 aliphatic heterocycles. The van der Waals surface area contributed by atoms with E-state index in [4.69, 9.17) is 44.3 Å². The van der Waals surface area contributed by atoms with E-state index in [2.05, 4.69) is 13.8 Å². The third-order valence-corrected chi connectivity index (χ3v) is 6.35. The maximum atomic E-state index is 12.2. The molecule has 194 valence electrons. The van der Waals surface area contributed by atoms with Gasteiger partial charge in [0.2, 0.25) is 0 Å². The Morgan fingerprint density at radius 3 is 2.34 bits per heavy atom. The highest BCUT2D eigenvalue weighted by atomic mass is 35.5. The van der Waals surface area contributed by atoms with Gasteiger partial charge in [0.1, 0.15) is 36.9 Å². The molecule has 2 rings (SSSR count). The molecule has 0 bridgehead atoms. The SMILES string of the molecule is CC(C)(c1ccc(OCC(O)CN(N)/C=C(\N)CSF)cc1)c1ccc(OCC(O)CCl)c(Cl)c1. The van der Waals surface area contributed by atoms with Gasteiger partial charge in [-0.25, -0.2) is 5.84 Å². The minimum atomic E-state index is -0.869. The summed E-state index contributed by atoms with van der Waals surface area (Å²) in [5, 5.41) is 21.4. The highest BCUT2D eigenvalue weighted by molar-refractivity contribution is 7.94. The molecule has 0 saturated heterocycles. The van der Waals surface area contributed by atoms with E-state index in [0.717, 1.165) is 11.1 Å². The summed E-state index contributed by atoms with van der Waals surface area (Å²) < 4.78 is 23.4. The van der Waals surface area contributed by atoms with Crippen molar-refractivity contribution in [3.63, 3.8) is 0 Å². The van der Waals surface area contributed by atoms with Crippen molar-refractivity contribution in [2.24, 2.45) is 11.6 Å². The number of hydrogen-bond acceptors (Lipinski definition) is 8. The van der Waals surface area contributed by atoms with Crippen LogP contribution in [0, 0.1) is 0 Å². The number of nitrogens with two attached hydrogens (primary N) is 2. The number of hydrogen-bond donors (Lipinski definition) is 4. The van der Waals surface area contributed by atoms with Gasteiger partial charge in [-0.2, -0.15) is 3.89 Å². The predicted molar refractivity (Wildman–Crippen MR) is 140 cm³/mol. The van der Waals surface area contributed by atoms with Gasteiger partial charge in [0.15, 0.2) is 0 Å². The topological polar surface area (TPSA) is 114 Å². The summed E-state index contributed by atoms with van der Waals surface area (Å²) in [6, 6.07) is 13.1. The molecule has 2 aromatic rings. The van der Waals surface area contributed by atoms with Crippen LogP contribution in [0.5, 0.6) is 11.5 Å². The maximum Gasteiger partial charge on any atom is 0.138 e. The van der Waals surface area contributed by atoms with E-state index in [1.807, 2.05) is 36.4 Å². The second-order valence-electron chi connectivity index (χ2n) is 8.53. The van der Waals surface area contributed by atoms with Crippen LogP contribution in [0.15, 0.2) is 54.4 Å². The number of rotatable bonds is 14. The number of aliphatic hydroxyl groups is 2. The van der Waals surface area contributed by atoms with Crippen molar-refractivity contribution in [3.8, 4) is 11.5 Å². The Labute approximate surface area is 220 Å². The van der Waals surface area contributed by atoms with Gasteiger partial charge in [0.25, 0.3) is 0 Å². The molecule has 2 aromatic carbocycles. The van der Waals surface area contributed by atoms with Crippen molar-refractivity contribution in [3.05, 3.63) is 70.5 Å². The molecule has 0 saturated carbocycles. The van der Waals surface area contributed by atoms with Crippen molar-refractivity contribution in [2.45, 2.75) is 31.5 Å². The number of alkyl halides is 1. The zero-order valence-electron chi connectivity index (χ0n) is 19.7. The lowest BCUT2D eigenvalue weighted by Crippen LogP contribution is -2.37. The second kappa shape index (κ2) is 14.0. The van der Waals surface area contributed by atoms with E-state index in [0.29, 0.717) is 16.5 Å². The summed E-state index contributed by atoms with van der Waals surface area (Å²) in [4.78, 5) is 0. The molecule has 7 nitrogen and oxygen atoms in total. The molecular weight excluding hydrogens is 516 g/mol. The first-order chi connectivity index (χ1) is 16.6. The lowest BCUT2D eigenvalue weighted by atomic mass is 9.78. The third kappa shape index (κ3) is 9.25. The van der Waals surface area contributed by atoms with Gasteiger partial charge in [-0.1, -0.05) is 43.6 Å². The van der Waals surface area contributed by atoms with Crippen LogP contribution >= 0.6 is 35.3 Å². The molecule has 2 unspecified atom stereocenters. The second-order valence-corrected chi connectivity index (χ2v) is 9.76. The number of benzene rings is 2. The standard InChI is InChI=1S/C24H32Cl2FN3O4S/c1-24(2,17-5-8-23(22(26)9-17)34-13-19(31)10-25)16-3-6-21(7-4-16)33-14-20(32)12-30(29)11-18(28)15-35-27/h3-9,11,19-20,31-32H,10,12-15,28-29H2,1-2H3/b18-11-. The van der Waals surface area contributed by atoms with Crippen LogP contribution in [0.1, 0.15) is 25.0 Å². The third-order valence-electron chi connectivity index (χ3n) is 5.26. The highest BCUT2D eigenvalue weighted by Crippen LogP contribution is 2.36. The van der Waals surface area contributed by atoms with E-state index < -0.39 is 12.2 Å². The molecule has 0 aromatic heterocycles. The number of halogens is 3. The van der Waals surface area contributed by atoms with Gasteiger partial charge in [0.05, 0.1) is 35.3 Å². The zero-order valence-corrected chi connectivity index (χ0v) is 22.0. The fraction of sp³-hybridized carbons (Fsp3) is 0.417. The molecule has 0 fully saturated rings. The van der Waals surface area contributed by atoms with Crippen LogP contribution < -0.4 is 21.1 Å². The lowest BCUT2D eigenvalue weighted by Gasteiger charge is -2.27. The van der Waals surface area contributed by atoms with Crippen molar-refractivity contribution >= 4 is 35.3 Å². The van der Waals surface area contributed by atoms with Crippen molar-refractivity contribution in [2.75, 3.05) is 31.4 Å². The Hall–Kier alpha value is -1.88. The summed E-state index contributed by atoms with van der Waals surface area (Å²) in [7, 11) is 0.